The molecule has 0 aromatic heterocycles. The van der Waals surface area contributed by atoms with Crippen molar-refractivity contribution in [3.05, 3.63) is 42.5 Å². The molecule has 1 fully saturated rings. The SMILES string of the molecule is COc1cc(NC(=O)NCC2CCN(C(=O)Nc3ccccc3OC)CC2)cc(OC)c1. The monoisotopic (exact) mass is 442 g/mol. The molecule has 0 aliphatic carbocycles. The fourth-order valence-corrected chi connectivity index (χ4v) is 3.57. The van der Waals surface area contributed by atoms with Crippen LogP contribution in [0.3, 0.4) is 0 Å². The van der Waals surface area contributed by atoms with E-state index in [1.807, 2.05) is 18.2 Å². The molecule has 0 unspecified atom stereocenters. The summed E-state index contributed by atoms with van der Waals surface area (Å²) in [4.78, 5) is 26.7. The molecule has 0 saturated carbocycles. The van der Waals surface area contributed by atoms with Gasteiger partial charge in [-0.05, 0) is 30.9 Å². The molecule has 9 heteroatoms. The Morgan fingerprint density at radius 3 is 2.22 bits per heavy atom. The van der Waals surface area contributed by atoms with Crippen LogP contribution in [0, 0.1) is 5.92 Å². The maximum Gasteiger partial charge on any atom is 0.321 e. The van der Waals surface area contributed by atoms with Crippen molar-refractivity contribution in [1.29, 1.82) is 0 Å². The van der Waals surface area contributed by atoms with Gasteiger partial charge in [-0.25, -0.2) is 9.59 Å². The lowest BCUT2D eigenvalue weighted by Crippen LogP contribution is -2.43. The number of carbonyl (C=O) groups excluding carboxylic acids is 2. The summed E-state index contributed by atoms with van der Waals surface area (Å²) in [6, 6.07) is 12.1. The van der Waals surface area contributed by atoms with E-state index in [1.165, 1.54) is 0 Å². The van der Waals surface area contributed by atoms with Crippen LogP contribution in [0.25, 0.3) is 0 Å². The Morgan fingerprint density at radius 1 is 0.938 bits per heavy atom. The predicted octanol–water partition coefficient (Wildman–Crippen LogP) is 3.78. The minimum atomic E-state index is -0.295. The summed E-state index contributed by atoms with van der Waals surface area (Å²) in [5, 5.41) is 8.61. The molecular weight excluding hydrogens is 412 g/mol. The van der Waals surface area contributed by atoms with Crippen LogP contribution in [-0.4, -0.2) is 57.9 Å². The maximum absolute atomic E-state index is 12.6. The van der Waals surface area contributed by atoms with Crippen LogP contribution in [0.15, 0.2) is 42.5 Å². The van der Waals surface area contributed by atoms with Gasteiger partial charge in [0, 0.05) is 43.5 Å². The average molecular weight is 443 g/mol. The Bertz CT molecular complexity index is 906. The molecule has 1 aliphatic heterocycles. The zero-order chi connectivity index (χ0) is 22.9. The highest BCUT2D eigenvalue weighted by Gasteiger charge is 2.23. The van der Waals surface area contributed by atoms with Gasteiger partial charge >= 0.3 is 12.1 Å². The number of anilines is 2. The molecule has 3 N–H and O–H groups in total. The van der Waals surface area contributed by atoms with Crippen molar-refractivity contribution in [2.45, 2.75) is 12.8 Å². The molecule has 32 heavy (non-hydrogen) atoms. The molecule has 172 valence electrons. The van der Waals surface area contributed by atoms with Gasteiger partial charge < -0.3 is 35.1 Å². The first-order valence-corrected chi connectivity index (χ1v) is 10.5. The number of para-hydroxylation sites is 2. The van der Waals surface area contributed by atoms with Crippen molar-refractivity contribution in [3.63, 3.8) is 0 Å². The molecule has 1 saturated heterocycles. The Kier molecular flexibility index (Phi) is 8.02. The number of carbonyl (C=O) groups is 2. The largest absolute Gasteiger partial charge is 0.497 e. The molecular formula is C23H30N4O5. The molecule has 4 amide bonds. The Morgan fingerprint density at radius 2 is 1.59 bits per heavy atom. The first kappa shape index (κ1) is 23.1. The van der Waals surface area contributed by atoms with E-state index in [0.717, 1.165) is 12.8 Å². The quantitative estimate of drug-likeness (QED) is 0.606. The fourth-order valence-electron chi connectivity index (χ4n) is 3.57. The molecule has 1 aliphatic rings. The third-order valence-electron chi connectivity index (χ3n) is 5.41. The number of nitrogens with one attached hydrogen (secondary N) is 3. The standard InChI is InChI=1S/C23H30N4O5/c1-30-18-12-17(13-19(14-18)31-2)25-22(28)24-15-16-8-10-27(11-9-16)23(29)26-20-6-4-5-7-21(20)32-3/h4-7,12-14,16H,8-11,15H2,1-3H3,(H,26,29)(H2,24,25,28). The highest BCUT2D eigenvalue weighted by molar-refractivity contribution is 5.91. The summed E-state index contributed by atoms with van der Waals surface area (Å²) < 4.78 is 15.7. The third kappa shape index (κ3) is 6.19. The van der Waals surface area contributed by atoms with Crippen LogP contribution >= 0.6 is 0 Å². The van der Waals surface area contributed by atoms with E-state index in [-0.39, 0.29) is 12.1 Å². The number of benzene rings is 2. The Hall–Kier alpha value is -3.62. The number of amides is 4. The van der Waals surface area contributed by atoms with Crippen molar-refractivity contribution in [1.82, 2.24) is 10.2 Å². The van der Waals surface area contributed by atoms with Crippen LogP contribution in [0.1, 0.15) is 12.8 Å². The zero-order valence-electron chi connectivity index (χ0n) is 18.6. The van der Waals surface area contributed by atoms with E-state index in [2.05, 4.69) is 16.0 Å². The van der Waals surface area contributed by atoms with E-state index < -0.39 is 0 Å². The van der Waals surface area contributed by atoms with Gasteiger partial charge in [0.1, 0.15) is 17.2 Å². The van der Waals surface area contributed by atoms with E-state index in [4.69, 9.17) is 14.2 Å². The molecule has 1 heterocycles. The normalized spacial score (nSPS) is 13.8. The molecule has 0 bridgehead atoms. The Balaban J connectivity index is 1.43. The summed E-state index contributed by atoms with van der Waals surface area (Å²) in [6.45, 7) is 1.79. The second kappa shape index (κ2) is 11.1. The highest BCUT2D eigenvalue weighted by atomic mass is 16.5. The van der Waals surface area contributed by atoms with Crippen molar-refractivity contribution < 1.29 is 23.8 Å². The second-order valence-corrected chi connectivity index (χ2v) is 7.50. The van der Waals surface area contributed by atoms with Crippen LogP contribution in [0.2, 0.25) is 0 Å². The van der Waals surface area contributed by atoms with Gasteiger partial charge in [0.25, 0.3) is 0 Å². The number of hydrogen-bond donors (Lipinski definition) is 3. The van der Waals surface area contributed by atoms with E-state index in [1.54, 1.807) is 50.5 Å². The highest BCUT2D eigenvalue weighted by Crippen LogP contribution is 2.26. The van der Waals surface area contributed by atoms with Crippen LogP contribution in [0.4, 0.5) is 21.0 Å². The molecule has 2 aromatic rings. The summed E-state index contributed by atoms with van der Waals surface area (Å²) in [5.74, 6) is 2.12. The molecule has 9 nitrogen and oxygen atoms in total. The lowest BCUT2D eigenvalue weighted by Gasteiger charge is -2.32. The van der Waals surface area contributed by atoms with E-state index in [0.29, 0.717) is 54.2 Å². The van der Waals surface area contributed by atoms with Crippen LogP contribution in [-0.2, 0) is 0 Å². The number of ether oxygens (including phenoxy) is 3. The number of hydrogen-bond acceptors (Lipinski definition) is 5. The first-order chi connectivity index (χ1) is 15.5. The van der Waals surface area contributed by atoms with Crippen molar-refractivity contribution in [2.75, 3.05) is 51.6 Å². The lowest BCUT2D eigenvalue weighted by molar-refractivity contribution is 0.181. The van der Waals surface area contributed by atoms with Gasteiger partial charge in [0.05, 0.1) is 27.0 Å². The minimum absolute atomic E-state index is 0.148. The van der Waals surface area contributed by atoms with Crippen LogP contribution < -0.4 is 30.2 Å². The summed E-state index contributed by atoms with van der Waals surface area (Å²) in [7, 11) is 4.69. The number of methoxy groups -OCH3 is 3. The molecule has 0 radical (unpaired) electrons. The van der Waals surface area contributed by atoms with E-state index in [9.17, 15) is 9.59 Å². The predicted molar refractivity (Wildman–Crippen MR) is 123 cm³/mol. The first-order valence-electron chi connectivity index (χ1n) is 10.5. The zero-order valence-corrected chi connectivity index (χ0v) is 18.6. The number of rotatable bonds is 7. The molecule has 0 spiro atoms. The summed E-state index contributed by atoms with van der Waals surface area (Å²) >= 11 is 0. The maximum atomic E-state index is 12.6. The van der Waals surface area contributed by atoms with Gasteiger partial charge in [-0.15, -0.1) is 0 Å². The molecule has 3 rings (SSSR count). The smallest absolute Gasteiger partial charge is 0.321 e. The number of urea groups is 2. The number of piperidine rings is 1. The van der Waals surface area contributed by atoms with Crippen molar-refractivity contribution >= 4 is 23.4 Å². The minimum Gasteiger partial charge on any atom is -0.497 e. The van der Waals surface area contributed by atoms with Crippen LogP contribution in [0.5, 0.6) is 17.2 Å². The lowest BCUT2D eigenvalue weighted by atomic mass is 9.97. The van der Waals surface area contributed by atoms with Gasteiger partial charge in [-0.3, -0.25) is 0 Å². The van der Waals surface area contributed by atoms with Gasteiger partial charge in [-0.1, -0.05) is 12.1 Å². The average Bonchev–Trinajstić information content (AvgIpc) is 2.83. The van der Waals surface area contributed by atoms with Gasteiger partial charge in [0.2, 0.25) is 0 Å². The fraction of sp³-hybridized carbons (Fsp3) is 0.391. The van der Waals surface area contributed by atoms with Crippen molar-refractivity contribution in [3.8, 4) is 17.2 Å². The number of likely N-dealkylation sites (tertiary alicyclic amines) is 1. The number of nitrogens with zero attached hydrogens (tertiary/aromatic N) is 1. The van der Waals surface area contributed by atoms with Gasteiger partial charge in [0.15, 0.2) is 0 Å². The summed E-state index contributed by atoms with van der Waals surface area (Å²) in [5.41, 5.74) is 1.23. The van der Waals surface area contributed by atoms with Crippen molar-refractivity contribution in [2.24, 2.45) is 5.92 Å². The second-order valence-electron chi connectivity index (χ2n) is 7.50. The molecule has 0 atom stereocenters. The molecule has 2 aromatic carbocycles. The summed E-state index contributed by atoms with van der Waals surface area (Å²) in [6.07, 6.45) is 1.62. The van der Waals surface area contributed by atoms with E-state index >= 15 is 0 Å². The topological polar surface area (TPSA) is 101 Å². The third-order valence-corrected chi connectivity index (χ3v) is 5.41. The van der Waals surface area contributed by atoms with Gasteiger partial charge in [-0.2, -0.15) is 0 Å². The Labute approximate surface area is 188 Å².